The first-order valence-corrected chi connectivity index (χ1v) is 7.18. The number of rotatable bonds is 6. The van der Waals surface area contributed by atoms with E-state index < -0.39 is 12.8 Å². The molecule has 0 unspecified atom stereocenters. The van der Waals surface area contributed by atoms with E-state index in [1.807, 2.05) is 30.3 Å². The van der Waals surface area contributed by atoms with Gasteiger partial charge in [-0.05, 0) is 18.6 Å². The lowest BCUT2D eigenvalue weighted by Gasteiger charge is -2.19. The van der Waals surface area contributed by atoms with Gasteiger partial charge < -0.3 is 15.0 Å². The molecular weight excluding hydrogens is 297 g/mol. The van der Waals surface area contributed by atoms with Gasteiger partial charge in [0.25, 0.3) is 0 Å². The number of nitrogens with one attached hydrogen (secondary N) is 1. The molecule has 4 nitrogen and oxygen atoms in total. The molecule has 0 aromatic heterocycles. The largest absolute Gasteiger partial charge is 0.411 e. The van der Waals surface area contributed by atoms with Gasteiger partial charge in [-0.2, -0.15) is 13.2 Å². The highest BCUT2D eigenvalue weighted by atomic mass is 19.4. The maximum atomic E-state index is 11.9. The van der Waals surface area contributed by atoms with Crippen LogP contribution in [-0.2, 0) is 9.53 Å². The number of halogens is 3. The van der Waals surface area contributed by atoms with Crippen LogP contribution in [0.1, 0.15) is 12.8 Å². The number of carbonyl (C=O) groups excluding carboxylic acids is 1. The Morgan fingerprint density at radius 3 is 2.73 bits per heavy atom. The molecule has 1 aromatic rings. The second kappa shape index (κ2) is 7.49. The van der Waals surface area contributed by atoms with E-state index in [0.717, 1.165) is 18.7 Å². The Bertz CT molecular complexity index is 479. The lowest BCUT2D eigenvalue weighted by molar-refractivity contribution is -0.174. The number of carbonyl (C=O) groups is 1. The van der Waals surface area contributed by atoms with Crippen molar-refractivity contribution in [2.45, 2.75) is 25.1 Å². The fourth-order valence-corrected chi connectivity index (χ4v) is 2.40. The van der Waals surface area contributed by atoms with Crippen LogP contribution >= 0.6 is 0 Å². The quantitative estimate of drug-likeness (QED) is 0.819. The Morgan fingerprint density at radius 2 is 2.05 bits per heavy atom. The van der Waals surface area contributed by atoms with E-state index in [0.29, 0.717) is 6.54 Å². The lowest BCUT2D eigenvalue weighted by Crippen LogP contribution is -2.37. The lowest BCUT2D eigenvalue weighted by atomic mass is 10.2. The van der Waals surface area contributed by atoms with Crippen LogP contribution in [0.4, 0.5) is 18.9 Å². The fraction of sp³-hybridized carbons (Fsp3) is 0.533. The summed E-state index contributed by atoms with van der Waals surface area (Å²) < 4.78 is 40.1. The minimum absolute atomic E-state index is 0.0234. The molecule has 1 fully saturated rings. The highest BCUT2D eigenvalue weighted by molar-refractivity contribution is 5.76. The van der Waals surface area contributed by atoms with Crippen LogP contribution < -0.4 is 10.2 Å². The average Bonchev–Trinajstić information content (AvgIpc) is 2.92. The van der Waals surface area contributed by atoms with Crippen molar-refractivity contribution in [1.82, 2.24) is 5.32 Å². The van der Waals surface area contributed by atoms with Crippen LogP contribution in [0.2, 0.25) is 0 Å². The molecule has 1 aromatic carbocycles. The first-order valence-electron chi connectivity index (χ1n) is 7.18. The molecule has 22 heavy (non-hydrogen) atoms. The number of benzene rings is 1. The summed E-state index contributed by atoms with van der Waals surface area (Å²) in [7, 11) is 0. The summed E-state index contributed by atoms with van der Waals surface area (Å²) in [5.74, 6) is -0.276. The normalized spacial score (nSPS) is 18.5. The molecule has 7 heteroatoms. The number of alkyl halides is 3. The molecule has 1 saturated heterocycles. The Balaban J connectivity index is 1.66. The molecule has 1 amide bonds. The van der Waals surface area contributed by atoms with E-state index in [9.17, 15) is 18.0 Å². The molecule has 0 bridgehead atoms. The van der Waals surface area contributed by atoms with E-state index >= 15 is 0 Å². The van der Waals surface area contributed by atoms with Crippen LogP contribution in [0.3, 0.4) is 0 Å². The third kappa shape index (κ3) is 5.55. The summed E-state index contributed by atoms with van der Waals surface area (Å²) in [4.78, 5) is 13.8. The van der Waals surface area contributed by atoms with Crippen LogP contribution in [0.25, 0.3) is 0 Å². The monoisotopic (exact) mass is 316 g/mol. The van der Waals surface area contributed by atoms with Gasteiger partial charge in [0.05, 0.1) is 6.61 Å². The maximum Gasteiger partial charge on any atom is 0.411 e. The Labute approximate surface area is 127 Å². The summed E-state index contributed by atoms with van der Waals surface area (Å²) in [6.45, 7) is 0.0185. The molecule has 1 aliphatic rings. The first kappa shape index (κ1) is 16.6. The van der Waals surface area contributed by atoms with Gasteiger partial charge in [-0.15, -0.1) is 0 Å². The van der Waals surface area contributed by atoms with Crippen LogP contribution in [0.15, 0.2) is 30.3 Å². The zero-order valence-corrected chi connectivity index (χ0v) is 12.1. The number of para-hydroxylation sites is 1. The van der Waals surface area contributed by atoms with Crippen molar-refractivity contribution < 1.29 is 22.7 Å². The van der Waals surface area contributed by atoms with Crippen molar-refractivity contribution in [1.29, 1.82) is 0 Å². The van der Waals surface area contributed by atoms with Crippen LogP contribution in [0, 0.1) is 0 Å². The van der Waals surface area contributed by atoms with Gasteiger partial charge in [-0.1, -0.05) is 18.2 Å². The number of hydrogen-bond donors (Lipinski definition) is 1. The predicted molar refractivity (Wildman–Crippen MR) is 76.7 cm³/mol. The summed E-state index contributed by atoms with van der Waals surface area (Å²) in [6.07, 6.45) is -3.58. The van der Waals surface area contributed by atoms with Gasteiger partial charge in [0.1, 0.15) is 6.61 Å². The number of ether oxygens (including phenoxy) is 1. The van der Waals surface area contributed by atoms with E-state index in [-0.39, 0.29) is 25.0 Å². The van der Waals surface area contributed by atoms with Gasteiger partial charge in [0.15, 0.2) is 0 Å². The Kier molecular flexibility index (Phi) is 5.65. The van der Waals surface area contributed by atoms with Crippen LogP contribution in [0.5, 0.6) is 0 Å². The molecule has 1 heterocycles. The summed E-state index contributed by atoms with van der Waals surface area (Å²) in [6, 6.07) is 9.90. The van der Waals surface area contributed by atoms with Gasteiger partial charge >= 0.3 is 6.18 Å². The number of nitrogens with zero attached hydrogens (tertiary/aromatic N) is 1. The number of amides is 1. The molecular formula is C15H19F3N2O2. The van der Waals surface area contributed by atoms with Gasteiger partial charge in [0.2, 0.25) is 5.91 Å². The molecule has 0 aliphatic carbocycles. The molecule has 122 valence electrons. The van der Waals surface area contributed by atoms with Gasteiger partial charge in [-0.25, -0.2) is 0 Å². The van der Waals surface area contributed by atoms with E-state index in [1.54, 1.807) is 0 Å². The minimum atomic E-state index is -4.35. The third-order valence-electron chi connectivity index (χ3n) is 3.41. The van der Waals surface area contributed by atoms with Crippen LogP contribution in [-0.4, -0.2) is 44.4 Å². The van der Waals surface area contributed by atoms with Gasteiger partial charge in [-0.3, -0.25) is 4.79 Å². The summed E-state index contributed by atoms with van der Waals surface area (Å²) >= 11 is 0. The molecule has 1 atom stereocenters. The zero-order valence-electron chi connectivity index (χ0n) is 12.1. The van der Waals surface area contributed by atoms with Gasteiger partial charge in [0, 0.05) is 31.2 Å². The minimum Gasteiger partial charge on any atom is -0.372 e. The number of hydrogen-bond acceptors (Lipinski definition) is 3. The fourth-order valence-electron chi connectivity index (χ4n) is 2.40. The van der Waals surface area contributed by atoms with Crippen molar-refractivity contribution in [3.05, 3.63) is 30.3 Å². The zero-order chi connectivity index (χ0) is 16.0. The van der Waals surface area contributed by atoms with Crippen molar-refractivity contribution in [3.8, 4) is 0 Å². The van der Waals surface area contributed by atoms with Crippen molar-refractivity contribution in [2.75, 3.05) is 31.2 Å². The third-order valence-corrected chi connectivity index (χ3v) is 3.41. The van der Waals surface area contributed by atoms with Crippen molar-refractivity contribution in [3.63, 3.8) is 0 Å². The number of anilines is 1. The predicted octanol–water partition coefficient (Wildman–Crippen LogP) is 2.35. The van der Waals surface area contributed by atoms with Crippen molar-refractivity contribution >= 4 is 11.6 Å². The Morgan fingerprint density at radius 1 is 1.32 bits per heavy atom. The van der Waals surface area contributed by atoms with E-state index in [4.69, 9.17) is 0 Å². The molecule has 2 rings (SSSR count). The molecule has 0 radical (unpaired) electrons. The summed E-state index contributed by atoms with van der Waals surface area (Å²) in [5, 5.41) is 2.83. The Hall–Kier alpha value is -1.76. The van der Waals surface area contributed by atoms with Crippen molar-refractivity contribution in [2.24, 2.45) is 0 Å². The smallest absolute Gasteiger partial charge is 0.372 e. The SMILES string of the molecule is O=C(CCOCC(F)(F)F)N[C@H]1CCN(c2ccccc2)C1. The maximum absolute atomic E-state index is 11.9. The second-order valence-corrected chi connectivity index (χ2v) is 5.25. The second-order valence-electron chi connectivity index (χ2n) is 5.25. The highest BCUT2D eigenvalue weighted by Gasteiger charge is 2.27. The van der Waals surface area contributed by atoms with E-state index in [1.165, 1.54) is 0 Å². The summed E-state index contributed by atoms with van der Waals surface area (Å²) in [5.41, 5.74) is 1.10. The standard InChI is InChI=1S/C15H19F3N2O2/c16-15(17,18)11-22-9-7-14(21)19-12-6-8-20(10-12)13-4-2-1-3-5-13/h1-5,12H,6-11H2,(H,19,21)/t12-/m0/s1. The topological polar surface area (TPSA) is 41.6 Å². The molecule has 0 saturated carbocycles. The first-order chi connectivity index (χ1) is 10.4. The van der Waals surface area contributed by atoms with E-state index in [2.05, 4.69) is 15.0 Å². The molecule has 1 aliphatic heterocycles. The molecule has 1 N–H and O–H groups in total. The molecule has 0 spiro atoms. The average molecular weight is 316 g/mol. The highest BCUT2D eigenvalue weighted by Crippen LogP contribution is 2.19.